The van der Waals surface area contributed by atoms with E-state index in [0.29, 0.717) is 10.6 Å². The van der Waals surface area contributed by atoms with Crippen molar-refractivity contribution < 1.29 is 4.21 Å². The van der Waals surface area contributed by atoms with Gasteiger partial charge in [0.25, 0.3) is 0 Å². The molecule has 4 heteroatoms. The molecule has 0 aromatic heterocycles. The summed E-state index contributed by atoms with van der Waals surface area (Å²) in [4.78, 5) is 0.696. The number of nitrogens with zero attached hydrogens (tertiary/aromatic N) is 1. The van der Waals surface area contributed by atoms with E-state index in [1.54, 1.807) is 24.4 Å². The lowest BCUT2D eigenvalue weighted by atomic mass is 10.2. The molecule has 0 fully saturated rings. The topological polar surface area (TPSA) is 55.5 Å². The fourth-order valence-corrected chi connectivity index (χ4v) is 1.83. The Morgan fingerprint density at radius 1 is 1.57 bits per heavy atom. The Bertz CT molecular complexity index is 374. The molecule has 0 aliphatic heterocycles. The zero-order chi connectivity index (χ0) is 10.6. The van der Waals surface area contributed by atoms with Crippen molar-refractivity contribution in [1.82, 2.24) is 0 Å². The van der Waals surface area contributed by atoms with Gasteiger partial charge < -0.3 is 5.73 Å². The minimum atomic E-state index is -1.29. The molecule has 1 unspecified atom stereocenters. The fourth-order valence-electron chi connectivity index (χ4n) is 0.960. The summed E-state index contributed by atoms with van der Waals surface area (Å²) >= 11 is 0. The smallest absolute Gasteiger partial charge is 0.172 e. The molecule has 0 heterocycles. The summed E-state index contributed by atoms with van der Waals surface area (Å²) in [6.07, 6.45) is 2.45. The average molecular weight is 210 g/mol. The Labute approximate surface area is 86.6 Å². The van der Waals surface area contributed by atoms with E-state index < -0.39 is 11.0 Å². The van der Waals surface area contributed by atoms with E-state index in [-0.39, 0.29) is 0 Å². The molecule has 1 aromatic carbocycles. The van der Waals surface area contributed by atoms with Gasteiger partial charge in [0.05, 0.1) is 4.90 Å². The van der Waals surface area contributed by atoms with Crippen molar-refractivity contribution in [2.75, 3.05) is 5.73 Å². The first-order valence-corrected chi connectivity index (χ1v) is 5.56. The fraction of sp³-hybridized carbons (Fsp3) is 0.300. The molecule has 0 saturated heterocycles. The van der Waals surface area contributed by atoms with Gasteiger partial charge in [0, 0.05) is 11.9 Å². The maximum absolute atomic E-state index is 11.5. The van der Waals surface area contributed by atoms with Gasteiger partial charge in [0.1, 0.15) is 0 Å². The van der Waals surface area contributed by atoms with Crippen LogP contribution < -0.4 is 5.73 Å². The summed E-state index contributed by atoms with van der Waals surface area (Å²) in [7, 11) is -1.29. The molecule has 0 amide bonds. The minimum absolute atomic E-state index is 0.696. The Balaban J connectivity index is 2.91. The van der Waals surface area contributed by atoms with Crippen LogP contribution in [-0.4, -0.2) is 10.4 Å². The summed E-state index contributed by atoms with van der Waals surface area (Å²) in [6, 6.07) is 5.30. The number of hydrogen-bond acceptors (Lipinski definition) is 2. The number of aryl methyl sites for hydroxylation is 1. The molecule has 0 aliphatic rings. The average Bonchev–Trinajstić information content (AvgIpc) is 2.18. The maximum atomic E-state index is 11.5. The van der Waals surface area contributed by atoms with Gasteiger partial charge in [-0.05, 0) is 37.1 Å². The molecule has 0 bridgehead atoms. The molecule has 0 aliphatic carbocycles. The largest absolute Gasteiger partial charge is 0.399 e. The van der Waals surface area contributed by atoms with Crippen molar-refractivity contribution in [2.24, 2.45) is 4.40 Å². The van der Waals surface area contributed by atoms with Gasteiger partial charge in [-0.1, -0.05) is 6.92 Å². The summed E-state index contributed by atoms with van der Waals surface area (Å²) in [5.74, 6) is 0. The predicted molar refractivity (Wildman–Crippen MR) is 60.8 cm³/mol. The van der Waals surface area contributed by atoms with E-state index >= 15 is 0 Å². The van der Waals surface area contributed by atoms with Crippen LogP contribution in [0.15, 0.2) is 27.5 Å². The van der Waals surface area contributed by atoms with Gasteiger partial charge >= 0.3 is 0 Å². The quantitative estimate of drug-likeness (QED) is 0.613. The van der Waals surface area contributed by atoms with E-state index in [2.05, 4.69) is 4.40 Å². The molecule has 0 radical (unpaired) electrons. The second kappa shape index (κ2) is 4.91. The van der Waals surface area contributed by atoms with Crippen LogP contribution in [0.3, 0.4) is 0 Å². The van der Waals surface area contributed by atoms with Gasteiger partial charge in [0.2, 0.25) is 0 Å². The third-order valence-electron chi connectivity index (χ3n) is 1.80. The Kier molecular flexibility index (Phi) is 3.83. The third-order valence-corrected chi connectivity index (χ3v) is 2.79. The SMILES string of the molecule is CCC=NS(=O)c1ccc(N)c(C)c1. The molecule has 14 heavy (non-hydrogen) atoms. The normalized spacial score (nSPS) is 13.3. The summed E-state index contributed by atoms with van der Waals surface area (Å²) in [5, 5.41) is 0. The van der Waals surface area contributed by atoms with Crippen LogP contribution in [0, 0.1) is 6.92 Å². The molecule has 76 valence electrons. The molecule has 1 atom stereocenters. The molecular weight excluding hydrogens is 196 g/mol. The minimum Gasteiger partial charge on any atom is -0.399 e. The van der Waals surface area contributed by atoms with Gasteiger partial charge in [-0.3, -0.25) is 0 Å². The Morgan fingerprint density at radius 2 is 2.29 bits per heavy atom. The van der Waals surface area contributed by atoms with Crippen LogP contribution in [0.25, 0.3) is 0 Å². The van der Waals surface area contributed by atoms with Crippen LogP contribution in [-0.2, 0) is 11.0 Å². The molecule has 0 spiro atoms. The van der Waals surface area contributed by atoms with Gasteiger partial charge in [-0.2, -0.15) is 4.40 Å². The van der Waals surface area contributed by atoms with Crippen LogP contribution in [0.5, 0.6) is 0 Å². The van der Waals surface area contributed by atoms with Crippen LogP contribution in [0.1, 0.15) is 18.9 Å². The number of nitrogens with two attached hydrogens (primary N) is 1. The van der Waals surface area contributed by atoms with E-state index in [9.17, 15) is 4.21 Å². The number of benzene rings is 1. The first-order chi connectivity index (χ1) is 6.65. The number of rotatable bonds is 3. The summed E-state index contributed by atoms with van der Waals surface area (Å²) in [5.41, 5.74) is 7.30. The lowest BCUT2D eigenvalue weighted by Gasteiger charge is -2.01. The lowest BCUT2D eigenvalue weighted by molar-refractivity contribution is 0.684. The zero-order valence-electron chi connectivity index (χ0n) is 8.36. The third kappa shape index (κ3) is 2.67. The van der Waals surface area contributed by atoms with E-state index in [1.807, 2.05) is 13.8 Å². The molecule has 0 saturated carbocycles. The Hall–Kier alpha value is -1.16. The zero-order valence-corrected chi connectivity index (χ0v) is 9.17. The predicted octanol–water partition coefficient (Wildman–Crippen LogP) is 2.08. The molecule has 1 rings (SSSR count). The van der Waals surface area contributed by atoms with Crippen molar-refractivity contribution in [3.63, 3.8) is 0 Å². The standard InChI is InChI=1S/C10H14N2OS/c1-3-6-12-14(13)9-4-5-10(11)8(2)7-9/h4-7H,3,11H2,1-2H3. The highest BCUT2D eigenvalue weighted by atomic mass is 32.2. The number of hydrogen-bond donors (Lipinski definition) is 1. The van der Waals surface area contributed by atoms with Crippen molar-refractivity contribution in [3.8, 4) is 0 Å². The lowest BCUT2D eigenvalue weighted by Crippen LogP contribution is -1.93. The molecule has 3 nitrogen and oxygen atoms in total. The summed E-state index contributed by atoms with van der Waals surface area (Å²) in [6.45, 7) is 3.84. The first kappa shape index (κ1) is 10.9. The van der Waals surface area contributed by atoms with Crippen molar-refractivity contribution >= 4 is 22.9 Å². The summed E-state index contributed by atoms with van der Waals surface area (Å²) < 4.78 is 15.4. The van der Waals surface area contributed by atoms with E-state index in [4.69, 9.17) is 5.73 Å². The monoisotopic (exact) mass is 210 g/mol. The van der Waals surface area contributed by atoms with Gasteiger partial charge in [0.15, 0.2) is 11.0 Å². The van der Waals surface area contributed by atoms with Crippen LogP contribution in [0.2, 0.25) is 0 Å². The highest BCUT2D eigenvalue weighted by Gasteiger charge is 2.02. The van der Waals surface area contributed by atoms with Gasteiger partial charge in [-0.15, -0.1) is 0 Å². The Morgan fingerprint density at radius 3 is 2.86 bits per heavy atom. The first-order valence-electron chi connectivity index (χ1n) is 4.45. The van der Waals surface area contributed by atoms with E-state index in [1.165, 1.54) is 0 Å². The highest BCUT2D eigenvalue weighted by molar-refractivity contribution is 7.83. The van der Waals surface area contributed by atoms with Crippen molar-refractivity contribution in [2.45, 2.75) is 25.2 Å². The number of nitrogen functional groups attached to an aromatic ring is 1. The molecule has 2 N–H and O–H groups in total. The van der Waals surface area contributed by atoms with Crippen LogP contribution >= 0.6 is 0 Å². The second-order valence-electron chi connectivity index (χ2n) is 2.96. The highest BCUT2D eigenvalue weighted by Crippen LogP contribution is 2.15. The van der Waals surface area contributed by atoms with Crippen molar-refractivity contribution in [3.05, 3.63) is 23.8 Å². The molecular formula is C10H14N2OS. The second-order valence-corrected chi connectivity index (χ2v) is 4.14. The maximum Gasteiger partial charge on any atom is 0.172 e. The van der Waals surface area contributed by atoms with Gasteiger partial charge in [-0.25, -0.2) is 4.21 Å². The van der Waals surface area contributed by atoms with Crippen LogP contribution in [0.4, 0.5) is 5.69 Å². The van der Waals surface area contributed by atoms with E-state index in [0.717, 1.165) is 12.0 Å². The number of anilines is 1. The van der Waals surface area contributed by atoms with Crippen molar-refractivity contribution in [1.29, 1.82) is 0 Å². The molecule has 1 aromatic rings.